The van der Waals surface area contributed by atoms with Gasteiger partial charge in [-0.3, -0.25) is 4.79 Å². The molecule has 0 aliphatic heterocycles. The highest BCUT2D eigenvalue weighted by Gasteiger charge is 2.07. The summed E-state index contributed by atoms with van der Waals surface area (Å²) in [6.07, 6.45) is 5.31. The molecule has 0 saturated heterocycles. The molecule has 0 aliphatic rings. The van der Waals surface area contributed by atoms with Crippen LogP contribution < -0.4 is 5.73 Å². The highest BCUT2D eigenvalue weighted by Crippen LogP contribution is 2.17. The molecule has 120 valence electrons. The van der Waals surface area contributed by atoms with Crippen molar-refractivity contribution < 1.29 is 9.90 Å². The summed E-state index contributed by atoms with van der Waals surface area (Å²) in [5, 5.41) is 16.7. The number of thioether (sulfide) groups is 1. The Morgan fingerprint density at radius 3 is 2.57 bits per heavy atom. The summed E-state index contributed by atoms with van der Waals surface area (Å²) in [5.74, 6) is 1.18. The molecular formula is C14H26N4O2S. The van der Waals surface area contributed by atoms with Gasteiger partial charge in [0.2, 0.25) is 0 Å². The number of nitrogens with zero attached hydrogens (tertiary/aromatic N) is 3. The smallest absolute Gasteiger partial charge is 0.300 e. The van der Waals surface area contributed by atoms with Crippen LogP contribution in [0.1, 0.15) is 39.4 Å². The van der Waals surface area contributed by atoms with Crippen LogP contribution in [0.5, 0.6) is 0 Å². The number of carboxylic acids is 1. The van der Waals surface area contributed by atoms with Gasteiger partial charge in [0.05, 0.1) is 0 Å². The Balaban J connectivity index is 0.000000885. The lowest BCUT2D eigenvalue weighted by molar-refractivity contribution is -0.134. The molecule has 0 unspecified atom stereocenters. The van der Waals surface area contributed by atoms with Gasteiger partial charge in [-0.2, -0.15) is 0 Å². The quantitative estimate of drug-likeness (QED) is 0.455. The summed E-state index contributed by atoms with van der Waals surface area (Å²) in [4.78, 5) is 9.00. The summed E-state index contributed by atoms with van der Waals surface area (Å²) in [7, 11) is 2.00. The minimum atomic E-state index is -0.833. The standard InChI is InChI=1S/C12H22N4S.C2H4O2/c1-4-10(2)6-5-9-17-12-15-14-11(7-8-13)16(12)3;1-2(3)4/h6H,4-5,7-9,13H2,1-3H3;1H3,(H,3,4). The van der Waals surface area contributed by atoms with Crippen LogP contribution >= 0.6 is 11.8 Å². The van der Waals surface area contributed by atoms with Crippen molar-refractivity contribution in [2.24, 2.45) is 12.8 Å². The van der Waals surface area contributed by atoms with E-state index in [1.165, 1.54) is 5.57 Å². The molecule has 7 heteroatoms. The Morgan fingerprint density at radius 1 is 1.43 bits per heavy atom. The third kappa shape index (κ3) is 9.25. The van der Waals surface area contributed by atoms with E-state index in [2.05, 4.69) is 30.1 Å². The highest BCUT2D eigenvalue weighted by molar-refractivity contribution is 7.99. The molecule has 1 aromatic rings. The number of aliphatic carboxylic acids is 1. The maximum absolute atomic E-state index is 9.00. The zero-order chi connectivity index (χ0) is 16.3. The predicted octanol–water partition coefficient (Wildman–Crippen LogP) is 2.25. The maximum atomic E-state index is 9.00. The minimum absolute atomic E-state index is 0.620. The predicted molar refractivity (Wildman–Crippen MR) is 86.5 cm³/mol. The summed E-state index contributed by atoms with van der Waals surface area (Å²) in [6.45, 7) is 6.06. The second kappa shape index (κ2) is 11.3. The Bertz CT molecular complexity index is 454. The number of rotatable bonds is 7. The minimum Gasteiger partial charge on any atom is -0.481 e. The number of hydrogen-bond donors (Lipinski definition) is 2. The average Bonchev–Trinajstić information content (AvgIpc) is 2.76. The number of nitrogens with two attached hydrogens (primary N) is 1. The Morgan fingerprint density at radius 2 is 2.05 bits per heavy atom. The molecule has 0 atom stereocenters. The number of hydrogen-bond acceptors (Lipinski definition) is 5. The Labute approximate surface area is 130 Å². The van der Waals surface area contributed by atoms with E-state index in [4.69, 9.17) is 15.6 Å². The van der Waals surface area contributed by atoms with Crippen LogP contribution in [-0.4, -0.2) is 38.1 Å². The van der Waals surface area contributed by atoms with E-state index >= 15 is 0 Å². The summed E-state index contributed by atoms with van der Waals surface area (Å²) in [6, 6.07) is 0. The van der Waals surface area contributed by atoms with Gasteiger partial charge in [-0.05, 0) is 26.3 Å². The maximum Gasteiger partial charge on any atom is 0.300 e. The fraction of sp³-hybridized carbons (Fsp3) is 0.643. The molecule has 1 rings (SSSR count). The van der Waals surface area contributed by atoms with E-state index in [1.807, 2.05) is 11.6 Å². The van der Waals surface area contributed by atoms with Crippen molar-refractivity contribution in [1.29, 1.82) is 0 Å². The van der Waals surface area contributed by atoms with Crippen LogP contribution in [-0.2, 0) is 18.3 Å². The lowest BCUT2D eigenvalue weighted by Gasteiger charge is -2.02. The van der Waals surface area contributed by atoms with Gasteiger partial charge in [0, 0.05) is 26.1 Å². The molecule has 6 nitrogen and oxygen atoms in total. The van der Waals surface area contributed by atoms with Crippen LogP contribution in [0.25, 0.3) is 0 Å². The van der Waals surface area contributed by atoms with Crippen molar-refractivity contribution in [1.82, 2.24) is 14.8 Å². The van der Waals surface area contributed by atoms with E-state index in [0.29, 0.717) is 6.54 Å². The first-order valence-corrected chi connectivity index (χ1v) is 7.97. The number of carbonyl (C=O) groups is 1. The SMILES string of the molecule is CC(=O)O.CCC(C)=CCCSc1nnc(CCN)n1C. The molecule has 0 bridgehead atoms. The normalized spacial score (nSPS) is 11.0. The largest absolute Gasteiger partial charge is 0.481 e. The molecule has 21 heavy (non-hydrogen) atoms. The van der Waals surface area contributed by atoms with Gasteiger partial charge in [0.25, 0.3) is 5.97 Å². The van der Waals surface area contributed by atoms with Gasteiger partial charge in [-0.15, -0.1) is 10.2 Å². The second-order valence-electron chi connectivity index (χ2n) is 4.56. The van der Waals surface area contributed by atoms with Gasteiger partial charge >= 0.3 is 0 Å². The van der Waals surface area contributed by atoms with E-state index in [-0.39, 0.29) is 0 Å². The number of aromatic nitrogens is 3. The van der Waals surface area contributed by atoms with E-state index in [0.717, 1.165) is 42.9 Å². The zero-order valence-corrected chi connectivity index (χ0v) is 14.1. The molecule has 0 radical (unpaired) electrons. The summed E-state index contributed by atoms with van der Waals surface area (Å²) in [5.41, 5.74) is 6.96. The third-order valence-electron chi connectivity index (χ3n) is 2.69. The first kappa shape index (κ1) is 19.7. The van der Waals surface area contributed by atoms with E-state index < -0.39 is 5.97 Å². The average molecular weight is 314 g/mol. The monoisotopic (exact) mass is 314 g/mol. The van der Waals surface area contributed by atoms with Crippen LogP contribution in [0.2, 0.25) is 0 Å². The van der Waals surface area contributed by atoms with Crippen molar-refractivity contribution in [2.75, 3.05) is 12.3 Å². The number of carboxylic acid groups (broad SMARTS) is 1. The summed E-state index contributed by atoms with van der Waals surface area (Å²) < 4.78 is 2.04. The molecule has 3 N–H and O–H groups in total. The Hall–Kier alpha value is -1.34. The van der Waals surface area contributed by atoms with Crippen LogP contribution in [0.4, 0.5) is 0 Å². The first-order chi connectivity index (χ1) is 9.92. The molecule has 0 aromatic carbocycles. The third-order valence-corrected chi connectivity index (χ3v) is 3.75. The molecule has 0 saturated carbocycles. The van der Waals surface area contributed by atoms with Gasteiger partial charge in [0.15, 0.2) is 5.16 Å². The van der Waals surface area contributed by atoms with Crippen molar-refractivity contribution >= 4 is 17.7 Å². The van der Waals surface area contributed by atoms with E-state index in [9.17, 15) is 0 Å². The molecule has 0 spiro atoms. The van der Waals surface area contributed by atoms with Crippen LogP contribution in [0.3, 0.4) is 0 Å². The Kier molecular flexibility index (Phi) is 10.6. The molecule has 1 heterocycles. The molecular weight excluding hydrogens is 288 g/mol. The van der Waals surface area contributed by atoms with Crippen molar-refractivity contribution in [3.8, 4) is 0 Å². The van der Waals surface area contributed by atoms with E-state index in [1.54, 1.807) is 11.8 Å². The van der Waals surface area contributed by atoms with Crippen molar-refractivity contribution in [2.45, 2.75) is 45.2 Å². The fourth-order valence-electron chi connectivity index (χ4n) is 1.42. The topological polar surface area (TPSA) is 94.0 Å². The fourth-order valence-corrected chi connectivity index (χ4v) is 2.23. The van der Waals surface area contributed by atoms with Crippen molar-refractivity contribution in [3.63, 3.8) is 0 Å². The second-order valence-corrected chi connectivity index (χ2v) is 5.62. The molecule has 0 fully saturated rings. The summed E-state index contributed by atoms with van der Waals surface area (Å²) >= 11 is 1.75. The highest BCUT2D eigenvalue weighted by atomic mass is 32.2. The van der Waals surface area contributed by atoms with Crippen LogP contribution in [0.15, 0.2) is 16.8 Å². The van der Waals surface area contributed by atoms with Crippen LogP contribution in [0, 0.1) is 0 Å². The lowest BCUT2D eigenvalue weighted by Crippen LogP contribution is -2.08. The molecule has 0 aliphatic carbocycles. The van der Waals surface area contributed by atoms with Gasteiger partial charge in [-0.25, -0.2) is 0 Å². The van der Waals surface area contributed by atoms with Crippen molar-refractivity contribution in [3.05, 3.63) is 17.5 Å². The van der Waals surface area contributed by atoms with Gasteiger partial charge < -0.3 is 15.4 Å². The molecule has 1 aromatic heterocycles. The van der Waals surface area contributed by atoms with Gasteiger partial charge in [0.1, 0.15) is 5.82 Å². The molecule has 0 amide bonds. The van der Waals surface area contributed by atoms with Gasteiger partial charge in [-0.1, -0.05) is 30.3 Å². The lowest BCUT2D eigenvalue weighted by atomic mass is 10.2. The number of allylic oxidation sites excluding steroid dienone is 2. The zero-order valence-electron chi connectivity index (χ0n) is 13.3. The first-order valence-electron chi connectivity index (χ1n) is 6.98.